The number of carboxylic acid groups (broad SMARTS) is 1. The van der Waals surface area contributed by atoms with E-state index in [9.17, 15) is 19.5 Å². The van der Waals surface area contributed by atoms with Gasteiger partial charge in [0.2, 0.25) is 0 Å². The summed E-state index contributed by atoms with van der Waals surface area (Å²) in [5.74, 6) is -1.53. The van der Waals surface area contributed by atoms with Crippen LogP contribution in [0.3, 0.4) is 0 Å². The van der Waals surface area contributed by atoms with Crippen molar-refractivity contribution >= 4 is 18.0 Å². The number of carbonyl (C=O) groups is 3. The van der Waals surface area contributed by atoms with Gasteiger partial charge in [-0.05, 0) is 41.5 Å². The highest BCUT2D eigenvalue weighted by atomic mass is 16.5. The second-order valence-electron chi connectivity index (χ2n) is 9.07. The van der Waals surface area contributed by atoms with Crippen molar-refractivity contribution in [2.75, 3.05) is 26.3 Å². The van der Waals surface area contributed by atoms with Crippen LogP contribution in [-0.4, -0.2) is 66.4 Å². The summed E-state index contributed by atoms with van der Waals surface area (Å²) in [5.41, 5.74) is 4.62. The predicted octanol–water partition coefficient (Wildman–Crippen LogP) is 3.01. The lowest BCUT2D eigenvalue weighted by atomic mass is 9.98. The van der Waals surface area contributed by atoms with E-state index in [2.05, 4.69) is 29.6 Å². The zero-order valence-corrected chi connectivity index (χ0v) is 18.8. The summed E-state index contributed by atoms with van der Waals surface area (Å²) in [5, 5.41) is 12.2. The molecule has 3 unspecified atom stereocenters. The number of hydrogen-bond acceptors (Lipinski definition) is 5. The van der Waals surface area contributed by atoms with Gasteiger partial charge >= 0.3 is 12.1 Å². The van der Waals surface area contributed by atoms with Gasteiger partial charge in [0.25, 0.3) is 5.91 Å². The van der Waals surface area contributed by atoms with E-state index in [4.69, 9.17) is 9.47 Å². The number of rotatable bonds is 6. The molecule has 2 aromatic carbocycles. The number of likely N-dealkylation sites (tertiary alicyclic amines) is 1. The molecule has 2 saturated heterocycles. The number of ether oxygens (including phenoxy) is 2. The maximum Gasteiger partial charge on any atom is 0.407 e. The van der Waals surface area contributed by atoms with Crippen LogP contribution in [0.4, 0.5) is 4.79 Å². The molecule has 2 fully saturated rings. The molecular weight excluding hydrogens is 436 g/mol. The maximum absolute atomic E-state index is 12.9. The average molecular weight is 465 g/mol. The monoisotopic (exact) mass is 464 g/mol. The molecule has 0 bridgehead atoms. The minimum absolute atomic E-state index is 0.0228. The van der Waals surface area contributed by atoms with Gasteiger partial charge in [-0.25, -0.2) is 9.59 Å². The Morgan fingerprint density at radius 1 is 1.03 bits per heavy atom. The van der Waals surface area contributed by atoms with Crippen molar-refractivity contribution in [3.63, 3.8) is 0 Å². The Labute approximate surface area is 197 Å². The van der Waals surface area contributed by atoms with E-state index >= 15 is 0 Å². The summed E-state index contributed by atoms with van der Waals surface area (Å²) in [6.07, 6.45) is 0.457. The minimum atomic E-state index is -0.989. The van der Waals surface area contributed by atoms with E-state index in [1.807, 2.05) is 24.3 Å². The fourth-order valence-corrected chi connectivity index (χ4v) is 5.43. The Kier molecular flexibility index (Phi) is 6.24. The number of benzene rings is 2. The number of amides is 2. The molecule has 0 aromatic heterocycles. The van der Waals surface area contributed by atoms with Crippen molar-refractivity contribution in [1.82, 2.24) is 10.2 Å². The smallest absolute Gasteiger partial charge is 0.407 e. The van der Waals surface area contributed by atoms with Crippen LogP contribution in [-0.2, 0) is 19.1 Å². The molecule has 3 atom stereocenters. The third-order valence-electron chi connectivity index (χ3n) is 7.13. The predicted molar refractivity (Wildman–Crippen MR) is 123 cm³/mol. The van der Waals surface area contributed by atoms with E-state index in [1.165, 1.54) is 4.90 Å². The summed E-state index contributed by atoms with van der Waals surface area (Å²) in [6.45, 7) is 1.28. The SMILES string of the molecule is O=C(NCC1CCOC1C(=O)N1CCCC1C(=O)O)OCC1c2ccccc2-c2ccccc21. The molecule has 2 amide bonds. The average Bonchev–Trinajstić information content (AvgIpc) is 3.59. The van der Waals surface area contributed by atoms with Crippen LogP contribution < -0.4 is 5.32 Å². The first-order valence-corrected chi connectivity index (χ1v) is 11.8. The molecule has 2 N–H and O–H groups in total. The molecule has 1 aliphatic carbocycles. The molecule has 2 aromatic rings. The van der Waals surface area contributed by atoms with Gasteiger partial charge in [-0.15, -0.1) is 0 Å². The Hall–Kier alpha value is -3.39. The number of fused-ring (bicyclic) bond motifs is 3. The first kappa shape index (κ1) is 22.4. The van der Waals surface area contributed by atoms with Crippen molar-refractivity contribution in [2.24, 2.45) is 5.92 Å². The Morgan fingerprint density at radius 3 is 2.38 bits per heavy atom. The van der Waals surface area contributed by atoms with Gasteiger partial charge < -0.3 is 24.8 Å². The normalized spacial score (nSPS) is 23.4. The number of carboxylic acids is 1. The molecule has 0 saturated carbocycles. The van der Waals surface area contributed by atoms with Crippen LogP contribution >= 0.6 is 0 Å². The molecule has 8 nitrogen and oxygen atoms in total. The first-order valence-electron chi connectivity index (χ1n) is 11.8. The fraction of sp³-hybridized carbons (Fsp3) is 0.423. The summed E-state index contributed by atoms with van der Waals surface area (Å²) >= 11 is 0. The number of nitrogens with one attached hydrogen (secondary N) is 1. The van der Waals surface area contributed by atoms with E-state index in [-0.39, 0.29) is 30.9 Å². The molecule has 3 aliphatic rings. The highest BCUT2D eigenvalue weighted by Gasteiger charge is 2.42. The third-order valence-corrected chi connectivity index (χ3v) is 7.13. The van der Waals surface area contributed by atoms with Crippen LogP contribution in [0.25, 0.3) is 11.1 Å². The minimum Gasteiger partial charge on any atom is -0.480 e. The molecule has 0 radical (unpaired) electrons. The maximum atomic E-state index is 12.9. The Bertz CT molecular complexity index is 1060. The van der Waals surface area contributed by atoms with Gasteiger partial charge in [0, 0.05) is 31.5 Å². The lowest BCUT2D eigenvalue weighted by Crippen LogP contribution is -2.48. The molecule has 178 valence electrons. The highest BCUT2D eigenvalue weighted by molar-refractivity contribution is 5.87. The topological polar surface area (TPSA) is 105 Å². The van der Waals surface area contributed by atoms with Gasteiger partial charge in [-0.2, -0.15) is 0 Å². The van der Waals surface area contributed by atoms with Crippen molar-refractivity contribution < 1.29 is 29.0 Å². The molecule has 0 spiro atoms. The van der Waals surface area contributed by atoms with E-state index in [0.717, 1.165) is 22.3 Å². The summed E-state index contributed by atoms with van der Waals surface area (Å²) in [7, 11) is 0. The van der Waals surface area contributed by atoms with Crippen molar-refractivity contribution in [2.45, 2.75) is 37.3 Å². The molecule has 34 heavy (non-hydrogen) atoms. The first-order chi connectivity index (χ1) is 16.5. The second kappa shape index (κ2) is 9.46. The van der Waals surface area contributed by atoms with E-state index < -0.39 is 24.2 Å². The van der Waals surface area contributed by atoms with Crippen LogP contribution in [0.1, 0.15) is 36.3 Å². The largest absolute Gasteiger partial charge is 0.480 e. The van der Waals surface area contributed by atoms with Gasteiger partial charge in [0.05, 0.1) is 0 Å². The van der Waals surface area contributed by atoms with Crippen molar-refractivity contribution in [3.8, 4) is 11.1 Å². The van der Waals surface area contributed by atoms with Gasteiger partial charge in [-0.1, -0.05) is 48.5 Å². The van der Waals surface area contributed by atoms with Crippen molar-refractivity contribution in [1.29, 1.82) is 0 Å². The van der Waals surface area contributed by atoms with E-state index in [0.29, 0.717) is 32.4 Å². The van der Waals surface area contributed by atoms with Crippen LogP contribution in [0.2, 0.25) is 0 Å². The van der Waals surface area contributed by atoms with Gasteiger partial charge in [0.15, 0.2) is 0 Å². The molecular formula is C26H28N2O6. The lowest BCUT2D eigenvalue weighted by Gasteiger charge is -2.27. The molecule has 2 heterocycles. The second-order valence-corrected chi connectivity index (χ2v) is 9.07. The Balaban J connectivity index is 1.17. The van der Waals surface area contributed by atoms with Crippen molar-refractivity contribution in [3.05, 3.63) is 59.7 Å². The quantitative estimate of drug-likeness (QED) is 0.681. The third kappa shape index (κ3) is 4.14. The number of hydrogen-bond donors (Lipinski definition) is 2. The Morgan fingerprint density at radius 2 is 1.71 bits per heavy atom. The van der Waals surface area contributed by atoms with E-state index in [1.54, 1.807) is 0 Å². The van der Waals surface area contributed by atoms with Crippen LogP contribution in [0, 0.1) is 5.92 Å². The lowest BCUT2D eigenvalue weighted by molar-refractivity contribution is -0.153. The molecule has 8 heteroatoms. The zero-order chi connectivity index (χ0) is 23.7. The summed E-state index contributed by atoms with van der Waals surface area (Å²) < 4.78 is 11.2. The van der Waals surface area contributed by atoms with Crippen LogP contribution in [0.15, 0.2) is 48.5 Å². The summed E-state index contributed by atoms with van der Waals surface area (Å²) in [4.78, 5) is 38.3. The highest BCUT2D eigenvalue weighted by Crippen LogP contribution is 2.44. The fourth-order valence-electron chi connectivity index (χ4n) is 5.43. The number of carbonyl (C=O) groups excluding carboxylic acids is 2. The number of nitrogens with zero attached hydrogens (tertiary/aromatic N) is 1. The standard InChI is InChI=1S/C26H28N2O6/c29-24(28-12-5-10-22(28)25(30)31)23-16(11-13-33-23)14-27-26(32)34-15-21-19-8-3-1-6-17(19)18-7-2-4-9-20(18)21/h1-4,6-9,16,21-23H,5,10-15H2,(H,27,32)(H,30,31). The van der Waals surface area contributed by atoms with Gasteiger partial charge in [-0.3, -0.25) is 4.79 Å². The number of aliphatic carboxylic acids is 1. The molecule has 5 rings (SSSR count). The van der Waals surface area contributed by atoms with Crippen LogP contribution in [0.5, 0.6) is 0 Å². The zero-order valence-electron chi connectivity index (χ0n) is 18.8. The number of alkyl carbamates (subject to hydrolysis) is 1. The van der Waals surface area contributed by atoms with Gasteiger partial charge in [0.1, 0.15) is 18.8 Å². The molecule has 2 aliphatic heterocycles. The summed E-state index contributed by atoms with van der Waals surface area (Å²) in [6, 6.07) is 15.5.